The lowest BCUT2D eigenvalue weighted by Crippen LogP contribution is -2.25. The molecule has 2 rings (SSSR count). The van der Waals surface area contributed by atoms with E-state index in [-0.39, 0.29) is 0 Å². The van der Waals surface area contributed by atoms with Crippen LogP contribution in [0.25, 0.3) is 0 Å². The van der Waals surface area contributed by atoms with E-state index < -0.39 is 0 Å². The Balaban J connectivity index is 1.80. The van der Waals surface area contributed by atoms with Gasteiger partial charge < -0.3 is 15.1 Å². The molecule has 1 saturated heterocycles. The smallest absolute Gasteiger partial charge is 0.315 e. The lowest BCUT2D eigenvalue weighted by molar-refractivity contribution is 0.455. The Morgan fingerprint density at radius 2 is 2.35 bits per heavy atom. The quantitative estimate of drug-likeness (QED) is 0.838. The van der Waals surface area contributed by atoms with Crippen molar-refractivity contribution in [2.45, 2.75) is 45.3 Å². The molecule has 1 aromatic rings. The summed E-state index contributed by atoms with van der Waals surface area (Å²) in [5.74, 6) is 3.04. The van der Waals surface area contributed by atoms with Crippen molar-refractivity contribution in [3.05, 3.63) is 5.89 Å². The topological polar surface area (TPSA) is 63.0 Å². The molecular formula is C11H20N4OS. The molecule has 1 atom stereocenters. The van der Waals surface area contributed by atoms with E-state index >= 15 is 0 Å². The molecule has 2 N–H and O–H groups in total. The van der Waals surface area contributed by atoms with Crippen molar-refractivity contribution in [3.8, 4) is 0 Å². The lowest BCUT2D eigenvalue weighted by Gasteiger charge is -2.20. The van der Waals surface area contributed by atoms with Gasteiger partial charge in [-0.2, -0.15) is 11.8 Å². The fourth-order valence-corrected chi connectivity index (χ4v) is 2.78. The Labute approximate surface area is 106 Å². The Morgan fingerprint density at radius 1 is 1.47 bits per heavy atom. The number of hydrogen-bond acceptors (Lipinski definition) is 6. The van der Waals surface area contributed by atoms with Crippen LogP contribution >= 0.6 is 11.8 Å². The maximum Gasteiger partial charge on any atom is 0.315 e. The number of rotatable bonds is 5. The zero-order valence-corrected chi connectivity index (χ0v) is 11.2. The first-order valence-electron chi connectivity index (χ1n) is 6.14. The van der Waals surface area contributed by atoms with Crippen molar-refractivity contribution in [2.75, 3.05) is 16.8 Å². The van der Waals surface area contributed by atoms with E-state index in [4.69, 9.17) is 4.42 Å². The van der Waals surface area contributed by atoms with Gasteiger partial charge in [0.2, 0.25) is 5.89 Å². The second-order valence-electron chi connectivity index (χ2n) is 4.59. The molecule has 0 saturated carbocycles. The van der Waals surface area contributed by atoms with E-state index in [1.165, 1.54) is 18.6 Å². The number of hydrogen-bond donors (Lipinski definition) is 2. The van der Waals surface area contributed by atoms with Crippen LogP contribution in [0.3, 0.4) is 0 Å². The molecule has 0 bridgehead atoms. The summed E-state index contributed by atoms with van der Waals surface area (Å²) in [4.78, 5) is 0. The summed E-state index contributed by atoms with van der Waals surface area (Å²) < 4.78 is 5.53. The van der Waals surface area contributed by atoms with Gasteiger partial charge in [0.15, 0.2) is 0 Å². The monoisotopic (exact) mass is 256 g/mol. The van der Waals surface area contributed by atoms with Gasteiger partial charge >= 0.3 is 6.01 Å². The second-order valence-corrected chi connectivity index (χ2v) is 5.74. The third-order valence-electron chi connectivity index (χ3n) is 2.62. The predicted molar refractivity (Wildman–Crippen MR) is 70.2 cm³/mol. The Bertz CT molecular complexity index is 336. The normalized spacial score (nSPS) is 20.8. The van der Waals surface area contributed by atoms with Crippen molar-refractivity contribution >= 4 is 17.8 Å². The van der Waals surface area contributed by atoms with E-state index in [1.807, 2.05) is 11.8 Å². The fourth-order valence-electron chi connectivity index (χ4n) is 1.70. The highest BCUT2D eigenvalue weighted by molar-refractivity contribution is 7.99. The van der Waals surface area contributed by atoms with Gasteiger partial charge in [0.05, 0.1) is 6.54 Å². The number of nitrogens with one attached hydrogen (secondary N) is 2. The largest absolute Gasteiger partial charge is 0.407 e. The van der Waals surface area contributed by atoms with Crippen LogP contribution in [-0.4, -0.2) is 33.8 Å². The molecule has 1 aliphatic heterocycles. The zero-order chi connectivity index (χ0) is 12.1. The summed E-state index contributed by atoms with van der Waals surface area (Å²) in [7, 11) is 0. The third kappa shape index (κ3) is 4.20. The van der Waals surface area contributed by atoms with Gasteiger partial charge in [-0.05, 0) is 18.6 Å². The highest BCUT2D eigenvalue weighted by atomic mass is 32.2. The molecule has 0 amide bonds. The SMILES string of the molecule is CC(C)NCc1nnc(NC2CCCSC2)o1. The molecule has 6 heteroatoms. The number of anilines is 1. The third-order valence-corrected chi connectivity index (χ3v) is 3.83. The summed E-state index contributed by atoms with van der Waals surface area (Å²) in [6.45, 7) is 4.81. The minimum absolute atomic E-state index is 0.424. The summed E-state index contributed by atoms with van der Waals surface area (Å²) in [6, 6.07) is 1.45. The molecular weight excluding hydrogens is 236 g/mol. The van der Waals surface area contributed by atoms with Crippen molar-refractivity contribution in [2.24, 2.45) is 0 Å². The molecule has 0 aromatic carbocycles. The summed E-state index contributed by atoms with van der Waals surface area (Å²) >= 11 is 1.98. The van der Waals surface area contributed by atoms with Gasteiger partial charge in [-0.3, -0.25) is 0 Å². The summed E-state index contributed by atoms with van der Waals surface area (Å²) in [5, 5.41) is 14.6. The first kappa shape index (κ1) is 12.7. The maximum absolute atomic E-state index is 5.53. The van der Waals surface area contributed by atoms with Crippen LogP contribution in [-0.2, 0) is 6.54 Å². The van der Waals surface area contributed by atoms with E-state index in [2.05, 4.69) is 34.7 Å². The Hall–Kier alpha value is -0.750. The van der Waals surface area contributed by atoms with Gasteiger partial charge in [-0.25, -0.2) is 0 Å². The van der Waals surface area contributed by atoms with E-state index in [0.29, 0.717) is 30.5 Å². The minimum atomic E-state index is 0.424. The van der Waals surface area contributed by atoms with Gasteiger partial charge in [0, 0.05) is 17.8 Å². The zero-order valence-electron chi connectivity index (χ0n) is 10.4. The molecule has 5 nitrogen and oxygen atoms in total. The van der Waals surface area contributed by atoms with E-state index in [0.717, 1.165) is 5.75 Å². The van der Waals surface area contributed by atoms with Gasteiger partial charge in [0.25, 0.3) is 0 Å². The molecule has 17 heavy (non-hydrogen) atoms. The van der Waals surface area contributed by atoms with Crippen LogP contribution in [0.15, 0.2) is 4.42 Å². The van der Waals surface area contributed by atoms with Crippen LogP contribution in [0, 0.1) is 0 Å². The van der Waals surface area contributed by atoms with Gasteiger partial charge in [-0.15, -0.1) is 5.10 Å². The molecule has 1 unspecified atom stereocenters. The molecule has 0 radical (unpaired) electrons. The first-order chi connectivity index (χ1) is 8.24. The predicted octanol–water partition coefficient (Wildman–Crippen LogP) is 1.88. The highest BCUT2D eigenvalue weighted by Gasteiger charge is 2.16. The van der Waals surface area contributed by atoms with Gasteiger partial charge in [-0.1, -0.05) is 18.9 Å². The van der Waals surface area contributed by atoms with Crippen LogP contribution in [0.4, 0.5) is 6.01 Å². The highest BCUT2D eigenvalue weighted by Crippen LogP contribution is 2.20. The van der Waals surface area contributed by atoms with E-state index in [1.54, 1.807) is 0 Å². The number of nitrogens with zero attached hydrogens (tertiary/aromatic N) is 2. The lowest BCUT2D eigenvalue weighted by atomic mass is 10.2. The molecule has 96 valence electrons. The van der Waals surface area contributed by atoms with Crippen molar-refractivity contribution < 1.29 is 4.42 Å². The Kier molecular flexibility index (Phi) is 4.67. The standard InChI is InChI=1S/C11H20N4OS/c1-8(2)12-6-10-14-15-11(16-10)13-9-4-3-5-17-7-9/h8-9,12H,3-7H2,1-2H3,(H,13,15). The molecule has 1 aromatic heterocycles. The van der Waals surface area contributed by atoms with Gasteiger partial charge in [0.1, 0.15) is 0 Å². The molecule has 1 fully saturated rings. The Morgan fingerprint density at radius 3 is 3.06 bits per heavy atom. The first-order valence-corrected chi connectivity index (χ1v) is 7.29. The molecule has 0 aliphatic carbocycles. The van der Waals surface area contributed by atoms with Crippen LogP contribution in [0.2, 0.25) is 0 Å². The van der Waals surface area contributed by atoms with E-state index in [9.17, 15) is 0 Å². The average molecular weight is 256 g/mol. The van der Waals surface area contributed by atoms with Crippen LogP contribution < -0.4 is 10.6 Å². The van der Waals surface area contributed by atoms with Crippen molar-refractivity contribution in [3.63, 3.8) is 0 Å². The molecule has 0 spiro atoms. The van der Waals surface area contributed by atoms with Crippen LogP contribution in [0.1, 0.15) is 32.6 Å². The summed E-state index contributed by atoms with van der Waals surface area (Å²) in [6.07, 6.45) is 2.45. The van der Waals surface area contributed by atoms with Crippen LogP contribution in [0.5, 0.6) is 0 Å². The van der Waals surface area contributed by atoms with Crippen molar-refractivity contribution in [1.29, 1.82) is 0 Å². The maximum atomic E-state index is 5.53. The number of aromatic nitrogens is 2. The molecule has 1 aliphatic rings. The number of thioether (sulfide) groups is 1. The minimum Gasteiger partial charge on any atom is -0.407 e. The average Bonchev–Trinajstić information content (AvgIpc) is 2.75. The molecule has 2 heterocycles. The second kappa shape index (κ2) is 6.26. The fraction of sp³-hybridized carbons (Fsp3) is 0.818. The summed E-state index contributed by atoms with van der Waals surface area (Å²) in [5.41, 5.74) is 0. The van der Waals surface area contributed by atoms with Crippen molar-refractivity contribution in [1.82, 2.24) is 15.5 Å².